The standard InChI is InChI=1S/C26H25F3N2O4/c1-16(32)19-6-4-5-18(13-19)14-23-31-22(15-34-23)21(25(2,3)35-24(30)33)12-9-17-7-10-20(11-8-17)26(27,28)29/h4-13,15,21H,14H2,1-3H3,(H2,30,33). The summed E-state index contributed by atoms with van der Waals surface area (Å²) in [5.41, 5.74) is 5.71. The number of Topliss-reactive ketones (excluding diaryl/α,β-unsaturated/α-hetero) is 1. The van der Waals surface area contributed by atoms with Crippen molar-refractivity contribution in [3.05, 3.63) is 94.7 Å². The van der Waals surface area contributed by atoms with Crippen molar-refractivity contribution in [3.8, 4) is 0 Å². The third kappa shape index (κ3) is 6.81. The monoisotopic (exact) mass is 486 g/mol. The van der Waals surface area contributed by atoms with E-state index in [4.69, 9.17) is 14.9 Å². The molecule has 6 nitrogen and oxygen atoms in total. The van der Waals surface area contributed by atoms with Crippen LogP contribution < -0.4 is 5.73 Å². The molecule has 3 rings (SSSR count). The molecule has 1 amide bonds. The zero-order valence-electron chi connectivity index (χ0n) is 19.4. The van der Waals surface area contributed by atoms with Gasteiger partial charge in [-0.05, 0) is 50.1 Å². The molecule has 1 unspecified atom stereocenters. The molecular formula is C26H25F3N2O4. The van der Waals surface area contributed by atoms with Crippen LogP contribution in [0.15, 0.2) is 65.3 Å². The summed E-state index contributed by atoms with van der Waals surface area (Å²) >= 11 is 0. The number of benzene rings is 2. The highest BCUT2D eigenvalue weighted by Crippen LogP contribution is 2.34. The van der Waals surface area contributed by atoms with Crippen molar-refractivity contribution >= 4 is 18.0 Å². The number of aromatic nitrogens is 1. The molecule has 3 aromatic rings. The van der Waals surface area contributed by atoms with Gasteiger partial charge in [-0.1, -0.05) is 42.5 Å². The number of rotatable bonds is 8. The molecule has 0 aliphatic heterocycles. The number of carbonyl (C=O) groups excluding carboxylic acids is 2. The first kappa shape index (κ1) is 25.7. The second-order valence-electron chi connectivity index (χ2n) is 8.58. The minimum absolute atomic E-state index is 0.0567. The summed E-state index contributed by atoms with van der Waals surface area (Å²) in [7, 11) is 0. The quantitative estimate of drug-likeness (QED) is 0.385. The van der Waals surface area contributed by atoms with Crippen LogP contribution in [0.5, 0.6) is 0 Å². The van der Waals surface area contributed by atoms with E-state index in [0.29, 0.717) is 29.1 Å². The van der Waals surface area contributed by atoms with Gasteiger partial charge in [0, 0.05) is 12.0 Å². The molecule has 1 heterocycles. The lowest BCUT2D eigenvalue weighted by Gasteiger charge is -2.30. The van der Waals surface area contributed by atoms with Crippen molar-refractivity contribution < 1.29 is 31.9 Å². The van der Waals surface area contributed by atoms with Gasteiger partial charge in [0.1, 0.15) is 11.9 Å². The lowest BCUT2D eigenvalue weighted by Crippen LogP contribution is -2.36. The minimum Gasteiger partial charge on any atom is -0.448 e. The van der Waals surface area contributed by atoms with Crippen molar-refractivity contribution in [2.75, 3.05) is 0 Å². The predicted molar refractivity (Wildman–Crippen MR) is 124 cm³/mol. The molecule has 0 spiro atoms. The molecule has 1 atom stereocenters. The number of alkyl halides is 3. The maximum atomic E-state index is 12.8. The molecule has 0 saturated heterocycles. The smallest absolute Gasteiger partial charge is 0.416 e. The van der Waals surface area contributed by atoms with Crippen molar-refractivity contribution in [2.24, 2.45) is 5.73 Å². The fraction of sp³-hybridized carbons (Fsp3) is 0.269. The second kappa shape index (κ2) is 10.2. The number of amides is 1. The van der Waals surface area contributed by atoms with E-state index in [1.54, 1.807) is 44.2 Å². The highest BCUT2D eigenvalue weighted by Gasteiger charge is 2.35. The van der Waals surface area contributed by atoms with E-state index in [2.05, 4.69) is 4.98 Å². The lowest BCUT2D eigenvalue weighted by atomic mass is 9.87. The number of hydrogen-bond acceptors (Lipinski definition) is 5. The number of nitrogens with two attached hydrogens (primary N) is 1. The molecule has 0 fully saturated rings. The number of oxazole rings is 1. The van der Waals surface area contributed by atoms with Crippen LogP contribution in [0, 0.1) is 0 Å². The Morgan fingerprint density at radius 3 is 2.43 bits per heavy atom. The van der Waals surface area contributed by atoms with Crippen LogP contribution in [-0.4, -0.2) is 22.5 Å². The fourth-order valence-electron chi connectivity index (χ4n) is 3.62. The summed E-state index contributed by atoms with van der Waals surface area (Å²) < 4.78 is 49.4. The Morgan fingerprint density at radius 2 is 1.83 bits per heavy atom. The van der Waals surface area contributed by atoms with Crippen LogP contribution in [-0.2, 0) is 17.3 Å². The molecule has 0 aliphatic rings. The number of hydrogen-bond donors (Lipinski definition) is 1. The molecular weight excluding hydrogens is 461 g/mol. The molecule has 2 N–H and O–H groups in total. The minimum atomic E-state index is -4.43. The Hall–Kier alpha value is -3.88. The fourth-order valence-corrected chi connectivity index (χ4v) is 3.62. The maximum Gasteiger partial charge on any atom is 0.416 e. The molecule has 9 heteroatoms. The number of nitrogens with zero attached hydrogens (tertiary/aromatic N) is 1. The van der Waals surface area contributed by atoms with Gasteiger partial charge >= 0.3 is 12.3 Å². The van der Waals surface area contributed by atoms with Crippen molar-refractivity contribution in [1.82, 2.24) is 4.98 Å². The Balaban J connectivity index is 1.88. The van der Waals surface area contributed by atoms with E-state index >= 15 is 0 Å². The SMILES string of the molecule is CC(=O)c1cccc(Cc2nc(C(C=Cc3ccc(C(F)(F)F)cc3)C(C)(C)OC(N)=O)co2)c1. The van der Waals surface area contributed by atoms with E-state index < -0.39 is 29.4 Å². The van der Waals surface area contributed by atoms with Gasteiger partial charge in [-0.25, -0.2) is 9.78 Å². The van der Waals surface area contributed by atoms with E-state index in [9.17, 15) is 22.8 Å². The van der Waals surface area contributed by atoms with Crippen LogP contribution in [0.4, 0.5) is 18.0 Å². The number of ether oxygens (including phenoxy) is 1. The van der Waals surface area contributed by atoms with Crippen molar-refractivity contribution in [3.63, 3.8) is 0 Å². The second-order valence-corrected chi connectivity index (χ2v) is 8.58. The highest BCUT2D eigenvalue weighted by molar-refractivity contribution is 5.94. The Morgan fingerprint density at radius 1 is 1.14 bits per heavy atom. The summed E-state index contributed by atoms with van der Waals surface area (Å²) in [6, 6.07) is 11.8. The van der Waals surface area contributed by atoms with Gasteiger partial charge in [0.05, 0.1) is 17.2 Å². The molecule has 35 heavy (non-hydrogen) atoms. The maximum absolute atomic E-state index is 12.8. The number of carbonyl (C=O) groups is 2. The first-order chi connectivity index (χ1) is 16.3. The van der Waals surface area contributed by atoms with Gasteiger partial charge in [0.25, 0.3) is 0 Å². The summed E-state index contributed by atoms with van der Waals surface area (Å²) in [5.74, 6) is -0.305. The van der Waals surface area contributed by atoms with Gasteiger partial charge < -0.3 is 14.9 Å². The van der Waals surface area contributed by atoms with Gasteiger partial charge in [0.15, 0.2) is 11.7 Å². The van der Waals surface area contributed by atoms with Gasteiger partial charge in [-0.2, -0.15) is 13.2 Å². The van der Waals surface area contributed by atoms with Gasteiger partial charge in [0.2, 0.25) is 0 Å². The van der Waals surface area contributed by atoms with Crippen molar-refractivity contribution in [2.45, 2.75) is 44.9 Å². The van der Waals surface area contributed by atoms with Crippen LogP contribution in [0.1, 0.15) is 65.3 Å². The molecule has 1 aromatic heterocycles. The largest absolute Gasteiger partial charge is 0.448 e. The highest BCUT2D eigenvalue weighted by atomic mass is 19.4. The Bertz CT molecular complexity index is 1230. The van der Waals surface area contributed by atoms with E-state index in [0.717, 1.165) is 17.7 Å². The van der Waals surface area contributed by atoms with E-state index in [1.807, 2.05) is 6.07 Å². The van der Waals surface area contributed by atoms with Gasteiger partial charge in [-0.3, -0.25) is 4.79 Å². The first-order valence-electron chi connectivity index (χ1n) is 10.7. The molecule has 184 valence electrons. The topological polar surface area (TPSA) is 95.4 Å². The molecule has 2 aromatic carbocycles. The van der Waals surface area contributed by atoms with Crippen LogP contribution in [0.25, 0.3) is 6.08 Å². The Kier molecular flexibility index (Phi) is 7.48. The molecule has 0 aliphatic carbocycles. The van der Waals surface area contributed by atoms with Crippen LogP contribution in [0.3, 0.4) is 0 Å². The van der Waals surface area contributed by atoms with E-state index in [-0.39, 0.29) is 5.78 Å². The zero-order chi connectivity index (χ0) is 25.8. The summed E-state index contributed by atoms with van der Waals surface area (Å²) in [4.78, 5) is 27.7. The zero-order valence-corrected chi connectivity index (χ0v) is 19.4. The number of ketones is 1. The number of halogens is 3. The normalized spacial score (nSPS) is 13.1. The third-order valence-corrected chi connectivity index (χ3v) is 5.41. The van der Waals surface area contributed by atoms with Crippen LogP contribution >= 0.6 is 0 Å². The molecule has 0 saturated carbocycles. The first-order valence-corrected chi connectivity index (χ1v) is 10.7. The summed E-state index contributed by atoms with van der Waals surface area (Å²) in [6.07, 6.45) is -0.368. The predicted octanol–water partition coefficient (Wildman–Crippen LogP) is 6.16. The number of primary amides is 1. The summed E-state index contributed by atoms with van der Waals surface area (Å²) in [5, 5.41) is 0. The average molecular weight is 486 g/mol. The summed E-state index contributed by atoms with van der Waals surface area (Å²) in [6.45, 7) is 4.77. The molecule has 0 bridgehead atoms. The molecule has 0 radical (unpaired) electrons. The van der Waals surface area contributed by atoms with E-state index in [1.165, 1.54) is 25.3 Å². The third-order valence-electron chi connectivity index (χ3n) is 5.41. The van der Waals surface area contributed by atoms with Crippen molar-refractivity contribution in [1.29, 1.82) is 0 Å². The average Bonchev–Trinajstić information content (AvgIpc) is 3.20. The van der Waals surface area contributed by atoms with Gasteiger partial charge in [-0.15, -0.1) is 0 Å². The lowest BCUT2D eigenvalue weighted by molar-refractivity contribution is -0.137. The Labute approximate surface area is 200 Å². The van der Waals surface area contributed by atoms with Crippen LogP contribution in [0.2, 0.25) is 0 Å².